The van der Waals surface area contributed by atoms with Gasteiger partial charge in [0.25, 0.3) is 0 Å². The smallest absolute Gasteiger partial charge is 0.0775 e. The topological polar surface area (TPSA) is 15.3 Å². The monoisotopic (exact) mass is 1080 g/mol. The van der Waals surface area contributed by atoms with Crippen LogP contribution in [-0.2, 0) is 10.8 Å². The van der Waals surface area contributed by atoms with Gasteiger partial charge in [0.15, 0.2) is 0 Å². The highest BCUT2D eigenvalue weighted by Gasteiger charge is 2.32. The summed E-state index contributed by atoms with van der Waals surface area (Å²) < 4.78 is 5.32. The predicted octanol–water partition coefficient (Wildman–Crippen LogP) is 21.8. The fourth-order valence-corrected chi connectivity index (χ4v) is 15.2. The largest absolute Gasteiger partial charge is 0.310 e. The highest BCUT2D eigenvalue weighted by atomic mass is 32.2. The molecular weight excluding hydrogens is 1000 g/mol. The van der Waals surface area contributed by atoms with Crippen LogP contribution in [0.2, 0.25) is 19.6 Å². The van der Waals surface area contributed by atoms with Gasteiger partial charge in [-0.1, -0.05) is 193 Å². The lowest BCUT2D eigenvalue weighted by Crippen LogP contribution is -2.37. The molecule has 80 heavy (non-hydrogen) atoms. The molecule has 402 valence electrons. The van der Waals surface area contributed by atoms with E-state index in [1.807, 2.05) is 11.8 Å². The lowest BCUT2D eigenvalue weighted by molar-refractivity contribution is 0.594. The Hall–Kier alpha value is -7.25. The summed E-state index contributed by atoms with van der Waals surface area (Å²) in [4.78, 5) is 6.32. The minimum absolute atomic E-state index is 0.122. The molecule has 9 aromatic carbocycles. The van der Waals surface area contributed by atoms with Gasteiger partial charge in [0.05, 0.1) is 52.5 Å². The zero-order chi connectivity index (χ0) is 56.1. The van der Waals surface area contributed by atoms with Crippen LogP contribution >= 0.6 is 11.8 Å². The van der Waals surface area contributed by atoms with Crippen molar-refractivity contribution in [1.29, 1.82) is 0 Å². The Kier molecular flexibility index (Phi) is 12.2. The molecule has 0 fully saturated rings. The maximum atomic E-state index is 2.66. The number of hydrogen-bond donors (Lipinski definition) is 0. The number of para-hydroxylation sites is 2. The third-order valence-corrected chi connectivity index (χ3v) is 20.3. The molecule has 0 spiro atoms. The molecule has 0 aliphatic heterocycles. The second kappa shape index (κ2) is 18.7. The van der Waals surface area contributed by atoms with Crippen molar-refractivity contribution in [2.24, 2.45) is 0 Å². The van der Waals surface area contributed by atoms with Crippen molar-refractivity contribution < 1.29 is 0 Å². The second-order valence-corrected chi connectivity index (χ2v) is 33.5. The summed E-state index contributed by atoms with van der Waals surface area (Å²) >= 11 is 1.91. The van der Waals surface area contributed by atoms with Gasteiger partial charge < -0.3 is 18.6 Å². The standard InChI is InChI=1S/C74H76N4SSi/c1-44(2)47-22-26-49(27-23-47)75(51-30-34-53(35-31-51)79-46(5)6)63-40-38-55-59-42-66-60(43-65(59)77-69-57(67(63)71(55)77)18-16-20-61(69)73(7,8)9)56-39-41-64(68-58-19-17-21-62(74(10,11)12)70(58)78(66)72(56)68)76(50-28-24-48(25-29-50)45(3)4)52-32-36-54(37-33-52)80(13,14)15/h16-46H,1-15H3. The third-order valence-electron chi connectivity index (χ3n) is 17.2. The molecule has 6 heteroatoms. The van der Waals surface area contributed by atoms with Gasteiger partial charge in [0, 0.05) is 76.0 Å². The lowest BCUT2D eigenvalue weighted by Gasteiger charge is -2.28. The van der Waals surface area contributed by atoms with E-state index >= 15 is 0 Å². The van der Waals surface area contributed by atoms with Crippen LogP contribution in [0.5, 0.6) is 0 Å². The van der Waals surface area contributed by atoms with Gasteiger partial charge in [-0.3, -0.25) is 0 Å². The van der Waals surface area contributed by atoms with Crippen molar-refractivity contribution in [3.63, 3.8) is 0 Å². The zero-order valence-electron chi connectivity index (χ0n) is 49.6. The van der Waals surface area contributed by atoms with Crippen LogP contribution in [0.3, 0.4) is 0 Å². The summed E-state index contributed by atoms with van der Waals surface area (Å²) in [6.45, 7) is 35.2. The Balaban J connectivity index is 1.14. The van der Waals surface area contributed by atoms with E-state index < -0.39 is 8.07 Å². The summed E-state index contributed by atoms with van der Waals surface area (Å²) in [6, 6.07) is 66.3. The molecule has 4 aromatic heterocycles. The molecule has 0 unspecified atom stereocenters. The molecule has 0 aliphatic carbocycles. The maximum absolute atomic E-state index is 2.66. The van der Waals surface area contributed by atoms with E-state index in [9.17, 15) is 0 Å². The Morgan fingerprint density at radius 1 is 0.400 bits per heavy atom. The fraction of sp³-hybridized carbons (Fsp3) is 0.270. The fourth-order valence-electron chi connectivity index (χ4n) is 13.2. The van der Waals surface area contributed by atoms with E-state index in [1.165, 1.54) is 126 Å². The first kappa shape index (κ1) is 52.1. The number of hydrogen-bond acceptors (Lipinski definition) is 3. The van der Waals surface area contributed by atoms with Gasteiger partial charge in [-0.25, -0.2) is 0 Å². The van der Waals surface area contributed by atoms with Gasteiger partial charge in [0.2, 0.25) is 0 Å². The summed E-state index contributed by atoms with van der Waals surface area (Å²) in [5, 5.41) is 12.2. The molecule has 4 nitrogen and oxygen atoms in total. The quantitative estimate of drug-likeness (QED) is 0.0948. The molecule has 0 radical (unpaired) electrons. The normalized spacial score (nSPS) is 13.1. The molecule has 4 heterocycles. The Bertz CT molecular complexity index is 4500. The highest BCUT2D eigenvalue weighted by molar-refractivity contribution is 7.99. The molecule has 13 rings (SSSR count). The van der Waals surface area contributed by atoms with Gasteiger partial charge in [-0.15, -0.1) is 11.8 Å². The van der Waals surface area contributed by atoms with Crippen molar-refractivity contribution in [1.82, 2.24) is 8.80 Å². The van der Waals surface area contributed by atoms with E-state index in [1.54, 1.807) is 0 Å². The Morgan fingerprint density at radius 2 is 0.775 bits per heavy atom. The Labute approximate surface area is 478 Å². The van der Waals surface area contributed by atoms with E-state index in [2.05, 4.69) is 291 Å². The number of fused-ring (bicyclic) bond motifs is 12. The van der Waals surface area contributed by atoms with Crippen molar-refractivity contribution in [2.75, 3.05) is 9.80 Å². The summed E-state index contributed by atoms with van der Waals surface area (Å²) in [5.74, 6) is 0.879. The number of rotatable bonds is 11. The van der Waals surface area contributed by atoms with Crippen LogP contribution in [0.1, 0.15) is 117 Å². The summed E-state index contributed by atoms with van der Waals surface area (Å²) in [6.07, 6.45) is 0. The SMILES string of the molecule is CC(C)Sc1ccc(N(c2ccc(C(C)C)cc2)c2ccc3c4cc5c(cc4n4c6c(C(C)(C)C)cccc6c2c34)c2ccc(N(c3ccc(C(C)C)cc3)c3ccc([Si](C)(C)C)cc3)c3c4cccc(C(C)(C)C)c4n5c23)cc1. The average Bonchev–Trinajstić information content (AvgIpc) is 4.26. The molecule has 0 N–H and O–H groups in total. The third kappa shape index (κ3) is 8.21. The number of aromatic nitrogens is 2. The lowest BCUT2D eigenvalue weighted by atomic mass is 9.85. The van der Waals surface area contributed by atoms with Gasteiger partial charge >= 0.3 is 0 Å². The van der Waals surface area contributed by atoms with Crippen LogP contribution < -0.4 is 15.0 Å². The number of benzene rings is 9. The molecule has 13 aromatic rings. The first-order valence-corrected chi connectivity index (χ1v) is 33.5. The van der Waals surface area contributed by atoms with E-state index in [0.717, 1.165) is 17.1 Å². The molecule has 0 bridgehead atoms. The highest BCUT2D eigenvalue weighted by Crippen LogP contribution is 2.53. The maximum Gasteiger partial charge on any atom is 0.0775 e. The van der Waals surface area contributed by atoms with Crippen molar-refractivity contribution in [2.45, 2.75) is 136 Å². The van der Waals surface area contributed by atoms with Crippen LogP contribution in [0.15, 0.2) is 175 Å². The molecule has 0 aliphatic rings. The zero-order valence-corrected chi connectivity index (χ0v) is 51.4. The van der Waals surface area contributed by atoms with Gasteiger partial charge in [-0.2, -0.15) is 0 Å². The van der Waals surface area contributed by atoms with Crippen molar-refractivity contribution in [3.8, 4) is 0 Å². The number of nitrogens with zero attached hydrogens (tertiary/aromatic N) is 4. The molecule has 0 saturated carbocycles. The van der Waals surface area contributed by atoms with E-state index in [-0.39, 0.29) is 10.8 Å². The minimum atomic E-state index is -1.55. The van der Waals surface area contributed by atoms with Gasteiger partial charge in [-0.05, 0) is 130 Å². The summed E-state index contributed by atoms with van der Waals surface area (Å²) in [7, 11) is -1.55. The van der Waals surface area contributed by atoms with Crippen molar-refractivity contribution in [3.05, 3.63) is 192 Å². The number of anilines is 6. The summed E-state index contributed by atoms with van der Waals surface area (Å²) in [5.41, 5.74) is 19.8. The van der Waals surface area contributed by atoms with Gasteiger partial charge in [0.1, 0.15) is 0 Å². The molecule has 0 atom stereocenters. The molecule has 0 amide bonds. The molecule has 0 saturated heterocycles. The van der Waals surface area contributed by atoms with E-state index in [0.29, 0.717) is 17.1 Å². The second-order valence-electron chi connectivity index (χ2n) is 26.8. The first-order valence-electron chi connectivity index (χ1n) is 29.2. The number of thioether (sulfide) groups is 1. The first-order chi connectivity index (χ1) is 38.1. The van der Waals surface area contributed by atoms with E-state index in [4.69, 9.17) is 0 Å². The van der Waals surface area contributed by atoms with Crippen LogP contribution in [0.4, 0.5) is 34.1 Å². The van der Waals surface area contributed by atoms with Crippen LogP contribution in [0, 0.1) is 0 Å². The predicted molar refractivity (Wildman–Crippen MR) is 355 cm³/mol. The Morgan fingerprint density at radius 3 is 1.12 bits per heavy atom. The van der Waals surface area contributed by atoms with Crippen molar-refractivity contribution >= 4 is 135 Å². The minimum Gasteiger partial charge on any atom is -0.310 e. The average molecular weight is 1080 g/mol. The molecular formula is C74H76N4SSi. The van der Waals surface area contributed by atoms with Crippen LogP contribution in [-0.4, -0.2) is 22.1 Å². The van der Waals surface area contributed by atoms with Crippen LogP contribution in [0.25, 0.3) is 76.2 Å².